The second-order valence-corrected chi connectivity index (χ2v) is 6.72. The quantitative estimate of drug-likeness (QED) is 0.412. The molecule has 0 aliphatic rings. The van der Waals surface area contributed by atoms with E-state index in [-0.39, 0.29) is 18.7 Å². The summed E-state index contributed by atoms with van der Waals surface area (Å²) < 4.78 is 0. The Hall–Kier alpha value is -2.88. The molecular formula is C21H31N5O3S. The van der Waals surface area contributed by atoms with E-state index in [1.807, 2.05) is 54.6 Å². The summed E-state index contributed by atoms with van der Waals surface area (Å²) in [6, 6.07) is 16.5. The molecule has 0 saturated heterocycles. The number of nitrogens with two attached hydrogens (primary N) is 3. The molecule has 30 heavy (non-hydrogen) atoms. The van der Waals surface area contributed by atoms with Gasteiger partial charge in [-0.1, -0.05) is 48.2 Å². The largest absolute Gasteiger partial charge is 0.370 e. The number of hydrogen-bond donors (Lipinski definition) is 5. The van der Waals surface area contributed by atoms with E-state index in [0.717, 1.165) is 15.4 Å². The van der Waals surface area contributed by atoms with Crippen LogP contribution in [-0.2, 0) is 20.8 Å². The first-order chi connectivity index (χ1) is 14.5. The van der Waals surface area contributed by atoms with Gasteiger partial charge in [0, 0.05) is 16.8 Å². The normalized spacial score (nSPS) is 10.3. The molecule has 0 unspecified atom stereocenters. The molecule has 0 saturated carbocycles. The molecular weight excluding hydrogens is 402 g/mol. The van der Waals surface area contributed by atoms with E-state index in [2.05, 4.69) is 22.1 Å². The van der Waals surface area contributed by atoms with E-state index in [1.54, 1.807) is 11.8 Å². The highest BCUT2D eigenvalue weighted by Gasteiger charge is 2.22. The maximum Gasteiger partial charge on any atom is 0.242 e. The lowest BCUT2D eigenvalue weighted by molar-refractivity contribution is -0.130. The Kier molecular flexibility index (Phi) is 14.4. The van der Waals surface area contributed by atoms with Gasteiger partial charge in [0.1, 0.15) is 6.04 Å². The molecule has 164 valence electrons. The second-order valence-electron chi connectivity index (χ2n) is 5.60. The Morgan fingerprint density at radius 2 is 1.50 bits per heavy atom. The SMILES string of the molecule is CN.CN.CNC(=O)[C@H](CC(N)=O)NC(=O)Cc1ccccc1Sc1ccccc1. The van der Waals surface area contributed by atoms with Crippen LogP contribution < -0.4 is 27.8 Å². The molecule has 0 bridgehead atoms. The van der Waals surface area contributed by atoms with Crippen LogP contribution in [0.5, 0.6) is 0 Å². The highest BCUT2D eigenvalue weighted by molar-refractivity contribution is 7.99. The minimum atomic E-state index is -0.973. The third kappa shape index (κ3) is 10.1. The van der Waals surface area contributed by atoms with Gasteiger partial charge in [0.2, 0.25) is 17.7 Å². The fraction of sp³-hybridized carbons (Fsp3) is 0.286. The van der Waals surface area contributed by atoms with Crippen molar-refractivity contribution in [2.45, 2.75) is 28.7 Å². The average Bonchev–Trinajstić information content (AvgIpc) is 2.77. The number of hydrogen-bond acceptors (Lipinski definition) is 6. The first-order valence-electron chi connectivity index (χ1n) is 9.25. The van der Waals surface area contributed by atoms with Gasteiger partial charge in [-0.15, -0.1) is 0 Å². The Bertz CT molecular complexity index is 787. The van der Waals surface area contributed by atoms with Gasteiger partial charge in [-0.3, -0.25) is 14.4 Å². The third-order valence-corrected chi connectivity index (χ3v) is 4.72. The van der Waals surface area contributed by atoms with E-state index < -0.39 is 17.9 Å². The number of benzene rings is 2. The molecule has 0 radical (unpaired) electrons. The number of nitrogens with one attached hydrogen (secondary N) is 2. The van der Waals surface area contributed by atoms with Crippen molar-refractivity contribution in [3.05, 3.63) is 60.2 Å². The summed E-state index contributed by atoms with van der Waals surface area (Å²) in [4.78, 5) is 37.3. The fourth-order valence-electron chi connectivity index (χ4n) is 2.37. The summed E-state index contributed by atoms with van der Waals surface area (Å²) in [7, 11) is 4.44. The summed E-state index contributed by atoms with van der Waals surface area (Å²) in [5.74, 6) is -1.45. The maximum absolute atomic E-state index is 12.4. The monoisotopic (exact) mass is 433 g/mol. The topological polar surface area (TPSA) is 153 Å². The molecule has 2 aromatic carbocycles. The van der Waals surface area contributed by atoms with Gasteiger partial charge >= 0.3 is 0 Å². The summed E-state index contributed by atoms with van der Waals surface area (Å²) in [6.45, 7) is 0. The first kappa shape index (κ1) is 27.1. The number of amides is 3. The van der Waals surface area contributed by atoms with Gasteiger partial charge in [-0.2, -0.15) is 0 Å². The predicted molar refractivity (Wildman–Crippen MR) is 121 cm³/mol. The van der Waals surface area contributed by atoms with Crippen LogP contribution in [0.3, 0.4) is 0 Å². The Labute approximate surface area is 182 Å². The number of carbonyl (C=O) groups is 3. The van der Waals surface area contributed by atoms with Gasteiger partial charge in [0.15, 0.2) is 0 Å². The molecule has 8 N–H and O–H groups in total. The summed E-state index contributed by atoms with van der Waals surface area (Å²) >= 11 is 1.56. The number of primary amides is 1. The molecule has 2 rings (SSSR count). The molecule has 0 fully saturated rings. The number of carbonyl (C=O) groups excluding carboxylic acids is 3. The summed E-state index contributed by atoms with van der Waals surface area (Å²) in [5, 5.41) is 5.00. The van der Waals surface area contributed by atoms with Crippen LogP contribution in [0.1, 0.15) is 12.0 Å². The van der Waals surface area contributed by atoms with Crippen molar-refractivity contribution in [2.24, 2.45) is 17.2 Å². The van der Waals surface area contributed by atoms with Crippen molar-refractivity contribution >= 4 is 29.5 Å². The van der Waals surface area contributed by atoms with Gasteiger partial charge in [0.05, 0.1) is 12.8 Å². The first-order valence-corrected chi connectivity index (χ1v) is 10.1. The lowest BCUT2D eigenvalue weighted by Gasteiger charge is -2.16. The van der Waals surface area contributed by atoms with Gasteiger partial charge in [-0.05, 0) is 37.9 Å². The van der Waals surface area contributed by atoms with Gasteiger partial charge in [0.25, 0.3) is 0 Å². The van der Waals surface area contributed by atoms with Crippen LogP contribution in [0.4, 0.5) is 0 Å². The van der Waals surface area contributed by atoms with Gasteiger partial charge in [-0.25, -0.2) is 0 Å². The smallest absolute Gasteiger partial charge is 0.242 e. The van der Waals surface area contributed by atoms with E-state index in [1.165, 1.54) is 21.1 Å². The third-order valence-electron chi connectivity index (χ3n) is 3.60. The number of likely N-dealkylation sites (N-methyl/N-ethyl adjacent to an activating group) is 1. The van der Waals surface area contributed by atoms with Crippen LogP contribution in [0.15, 0.2) is 64.4 Å². The lowest BCUT2D eigenvalue weighted by Crippen LogP contribution is -2.48. The minimum Gasteiger partial charge on any atom is -0.370 e. The van der Waals surface area contributed by atoms with Crippen LogP contribution in [-0.4, -0.2) is 44.9 Å². The van der Waals surface area contributed by atoms with E-state index >= 15 is 0 Å². The zero-order chi connectivity index (χ0) is 22.9. The van der Waals surface area contributed by atoms with E-state index in [4.69, 9.17) is 5.73 Å². The molecule has 2 aromatic rings. The molecule has 8 nitrogen and oxygen atoms in total. The van der Waals surface area contributed by atoms with E-state index in [0.29, 0.717) is 0 Å². The highest BCUT2D eigenvalue weighted by atomic mass is 32.2. The molecule has 0 aliphatic heterocycles. The van der Waals surface area contributed by atoms with Crippen molar-refractivity contribution < 1.29 is 14.4 Å². The standard InChI is InChI=1S/C19H21N3O3S.2CH5N/c1-21-19(25)15(12-17(20)23)22-18(24)11-13-7-5-6-10-16(13)26-14-8-3-2-4-9-14;2*1-2/h2-10,15H,11-12H2,1H3,(H2,20,23)(H,21,25)(H,22,24);2*2H2,1H3/t15-;;/m0../s1. The second kappa shape index (κ2) is 16.0. The zero-order valence-corrected chi connectivity index (χ0v) is 18.4. The molecule has 3 amide bonds. The molecule has 0 spiro atoms. The van der Waals surface area contributed by atoms with Crippen LogP contribution >= 0.6 is 11.8 Å². The van der Waals surface area contributed by atoms with E-state index in [9.17, 15) is 14.4 Å². The molecule has 9 heteroatoms. The predicted octanol–water partition coefficient (Wildman–Crippen LogP) is 0.636. The van der Waals surface area contributed by atoms with Crippen molar-refractivity contribution in [3.8, 4) is 0 Å². The van der Waals surface area contributed by atoms with Gasteiger partial charge < -0.3 is 27.8 Å². The maximum atomic E-state index is 12.4. The Morgan fingerprint density at radius 1 is 0.933 bits per heavy atom. The van der Waals surface area contributed by atoms with Crippen LogP contribution in [0, 0.1) is 0 Å². The van der Waals surface area contributed by atoms with Crippen molar-refractivity contribution in [2.75, 3.05) is 21.1 Å². The average molecular weight is 434 g/mol. The van der Waals surface area contributed by atoms with Crippen LogP contribution in [0.2, 0.25) is 0 Å². The highest BCUT2D eigenvalue weighted by Crippen LogP contribution is 2.30. The molecule has 0 aliphatic carbocycles. The fourth-order valence-corrected chi connectivity index (χ4v) is 3.33. The zero-order valence-electron chi connectivity index (χ0n) is 17.6. The molecule has 1 atom stereocenters. The minimum absolute atomic E-state index is 0.0995. The molecule has 0 aromatic heterocycles. The summed E-state index contributed by atoms with van der Waals surface area (Å²) in [5.41, 5.74) is 15.0. The van der Waals surface area contributed by atoms with Crippen molar-refractivity contribution in [1.29, 1.82) is 0 Å². The summed E-state index contributed by atoms with van der Waals surface area (Å²) in [6.07, 6.45) is -0.145. The number of rotatable bonds is 8. The van der Waals surface area contributed by atoms with Crippen molar-refractivity contribution in [1.82, 2.24) is 10.6 Å². The Balaban J connectivity index is 0.00000198. The van der Waals surface area contributed by atoms with Crippen molar-refractivity contribution in [3.63, 3.8) is 0 Å². The van der Waals surface area contributed by atoms with Crippen LogP contribution in [0.25, 0.3) is 0 Å². The lowest BCUT2D eigenvalue weighted by atomic mass is 10.1. The Morgan fingerprint density at radius 3 is 2.07 bits per heavy atom. The molecule has 0 heterocycles.